The van der Waals surface area contributed by atoms with Gasteiger partial charge in [-0.15, -0.1) is 0 Å². The predicted octanol–water partition coefficient (Wildman–Crippen LogP) is 1.42. The van der Waals surface area contributed by atoms with E-state index in [9.17, 15) is 9.59 Å². The summed E-state index contributed by atoms with van der Waals surface area (Å²) in [6.07, 6.45) is 1.88. The molecule has 3 N–H and O–H groups in total. The Hall–Kier alpha value is -2.08. The van der Waals surface area contributed by atoms with E-state index in [1.165, 1.54) is 0 Å². The van der Waals surface area contributed by atoms with Gasteiger partial charge < -0.3 is 10.1 Å². The number of nitrogens with one attached hydrogen (secondary N) is 2. The Kier molecular flexibility index (Phi) is 5.77. The van der Waals surface area contributed by atoms with Crippen molar-refractivity contribution in [3.63, 3.8) is 0 Å². The summed E-state index contributed by atoms with van der Waals surface area (Å²) in [5, 5.41) is 11.7. The Morgan fingerprint density at radius 3 is 2.73 bits per heavy atom. The molecule has 120 valence electrons. The van der Waals surface area contributed by atoms with Gasteiger partial charge in [0.2, 0.25) is 11.8 Å². The molecule has 0 aromatic heterocycles. The molecule has 1 aromatic rings. The van der Waals surface area contributed by atoms with Crippen molar-refractivity contribution in [2.45, 2.75) is 38.6 Å². The first-order valence-corrected chi connectivity index (χ1v) is 7.53. The molecule has 2 heterocycles. The fraction of sp³-hybridized carbons (Fsp3) is 0.500. The van der Waals surface area contributed by atoms with E-state index in [1.54, 1.807) is 5.48 Å². The van der Waals surface area contributed by atoms with Gasteiger partial charge in [-0.05, 0) is 43.9 Å². The first kappa shape index (κ1) is 16.3. The van der Waals surface area contributed by atoms with Crippen molar-refractivity contribution in [1.29, 1.82) is 0 Å². The third-order valence-electron chi connectivity index (χ3n) is 3.75. The van der Waals surface area contributed by atoms with Gasteiger partial charge in [-0.25, -0.2) is 5.48 Å². The lowest BCUT2D eigenvalue weighted by atomic mass is 9.97. The van der Waals surface area contributed by atoms with Crippen molar-refractivity contribution >= 4 is 11.8 Å². The van der Waals surface area contributed by atoms with Crippen LogP contribution in [-0.2, 0) is 16.0 Å². The molecule has 1 aromatic carbocycles. The van der Waals surface area contributed by atoms with Crippen molar-refractivity contribution < 1.29 is 19.5 Å². The molecule has 2 atom stereocenters. The van der Waals surface area contributed by atoms with E-state index in [0.717, 1.165) is 11.3 Å². The Bertz CT molecular complexity index is 515. The van der Waals surface area contributed by atoms with Crippen molar-refractivity contribution in [3.05, 3.63) is 29.8 Å². The van der Waals surface area contributed by atoms with Gasteiger partial charge in [-0.2, -0.15) is 0 Å². The first-order chi connectivity index (χ1) is 10.6. The lowest BCUT2D eigenvalue weighted by Gasteiger charge is -2.19. The molecule has 2 aliphatic rings. The predicted molar refractivity (Wildman–Crippen MR) is 80.5 cm³/mol. The van der Waals surface area contributed by atoms with Crippen LogP contribution in [0.4, 0.5) is 0 Å². The zero-order chi connectivity index (χ0) is 15.9. The van der Waals surface area contributed by atoms with Gasteiger partial charge in [-0.3, -0.25) is 14.8 Å². The number of hydroxylamine groups is 1. The van der Waals surface area contributed by atoms with Crippen LogP contribution in [0.3, 0.4) is 0 Å². The number of benzene rings is 1. The minimum absolute atomic E-state index is 0.0277. The van der Waals surface area contributed by atoms with E-state index >= 15 is 0 Å². The Morgan fingerprint density at radius 1 is 1.32 bits per heavy atom. The van der Waals surface area contributed by atoms with Gasteiger partial charge in [0.1, 0.15) is 5.75 Å². The summed E-state index contributed by atoms with van der Waals surface area (Å²) in [5.41, 5.74) is 2.75. The van der Waals surface area contributed by atoms with Crippen LogP contribution < -0.4 is 15.5 Å². The van der Waals surface area contributed by atoms with Gasteiger partial charge in [0.25, 0.3) is 0 Å². The number of fused-ring (bicyclic) bond motifs is 11. The normalized spacial score (nSPS) is 23.1. The maximum atomic E-state index is 12.0. The molecule has 2 unspecified atom stereocenters. The molecular weight excluding hydrogens is 284 g/mol. The standard InChI is InChI=1S/C16H22N2O4/c1-11-9-12-4-6-14(7-5-12)22-8-2-3-13(16(20)18-21)10-15(19)17-11/h4-7,11,13,21H,2-3,8-10H2,1H3,(H,17,19)(H,18,20). The summed E-state index contributed by atoms with van der Waals surface area (Å²) in [5.74, 6) is -0.473. The van der Waals surface area contributed by atoms with Gasteiger partial charge in [-0.1, -0.05) is 12.1 Å². The molecule has 2 aliphatic heterocycles. The van der Waals surface area contributed by atoms with E-state index in [0.29, 0.717) is 25.9 Å². The molecule has 0 saturated carbocycles. The highest BCUT2D eigenvalue weighted by atomic mass is 16.5. The maximum absolute atomic E-state index is 12.0. The number of amides is 2. The maximum Gasteiger partial charge on any atom is 0.246 e. The number of hydrogen-bond donors (Lipinski definition) is 3. The summed E-state index contributed by atoms with van der Waals surface area (Å²) in [4.78, 5) is 23.7. The third-order valence-corrected chi connectivity index (χ3v) is 3.75. The zero-order valence-corrected chi connectivity index (χ0v) is 12.7. The third kappa shape index (κ3) is 4.73. The average Bonchev–Trinajstić information content (AvgIpc) is 2.50. The largest absolute Gasteiger partial charge is 0.494 e. The molecule has 0 radical (unpaired) electrons. The molecular formula is C16H22N2O4. The molecule has 0 aliphatic carbocycles. The number of rotatable bonds is 1. The summed E-state index contributed by atoms with van der Waals surface area (Å²) in [6.45, 7) is 2.39. The number of carbonyl (C=O) groups excluding carboxylic acids is 2. The van der Waals surface area contributed by atoms with Crippen molar-refractivity contribution in [3.8, 4) is 5.75 Å². The highest BCUT2D eigenvalue weighted by Crippen LogP contribution is 2.17. The quantitative estimate of drug-likeness (QED) is 0.541. The summed E-state index contributed by atoms with van der Waals surface area (Å²) in [6, 6.07) is 7.78. The van der Waals surface area contributed by atoms with Crippen LogP contribution >= 0.6 is 0 Å². The van der Waals surface area contributed by atoms with Crippen LogP contribution in [0.15, 0.2) is 24.3 Å². The molecule has 2 bridgehead atoms. The van der Waals surface area contributed by atoms with Crippen molar-refractivity contribution in [1.82, 2.24) is 10.8 Å². The molecule has 6 nitrogen and oxygen atoms in total. The summed E-state index contributed by atoms with van der Waals surface area (Å²) >= 11 is 0. The van der Waals surface area contributed by atoms with Crippen molar-refractivity contribution in [2.24, 2.45) is 5.92 Å². The molecule has 0 fully saturated rings. The molecule has 0 saturated heterocycles. The second-order valence-electron chi connectivity index (χ2n) is 5.68. The van der Waals surface area contributed by atoms with E-state index in [-0.39, 0.29) is 18.4 Å². The van der Waals surface area contributed by atoms with Crippen LogP contribution in [-0.4, -0.2) is 29.7 Å². The Balaban J connectivity index is 2.10. The summed E-state index contributed by atoms with van der Waals surface area (Å²) < 4.78 is 5.62. The van der Waals surface area contributed by atoms with Gasteiger partial charge in [0.15, 0.2) is 0 Å². The molecule has 6 heteroatoms. The lowest BCUT2D eigenvalue weighted by Crippen LogP contribution is -2.38. The SMILES string of the molecule is CC1Cc2ccc(cc2)OCCCC(C(=O)NO)CC(=O)N1. The highest BCUT2D eigenvalue weighted by Gasteiger charge is 2.22. The van der Waals surface area contributed by atoms with Crippen LogP contribution in [0.1, 0.15) is 31.7 Å². The summed E-state index contributed by atoms with van der Waals surface area (Å²) in [7, 11) is 0. The highest BCUT2D eigenvalue weighted by molar-refractivity contribution is 5.85. The fourth-order valence-corrected chi connectivity index (χ4v) is 2.62. The second-order valence-corrected chi connectivity index (χ2v) is 5.68. The minimum atomic E-state index is -0.551. The smallest absolute Gasteiger partial charge is 0.246 e. The molecule has 2 amide bonds. The van der Waals surface area contributed by atoms with Crippen LogP contribution in [0.25, 0.3) is 0 Å². The Morgan fingerprint density at radius 2 is 2.05 bits per heavy atom. The van der Waals surface area contributed by atoms with Gasteiger partial charge in [0, 0.05) is 18.4 Å². The number of ether oxygens (including phenoxy) is 1. The zero-order valence-electron chi connectivity index (χ0n) is 12.7. The van der Waals surface area contributed by atoms with Crippen molar-refractivity contribution in [2.75, 3.05) is 6.61 Å². The van der Waals surface area contributed by atoms with Gasteiger partial charge >= 0.3 is 0 Å². The fourth-order valence-electron chi connectivity index (χ4n) is 2.62. The van der Waals surface area contributed by atoms with E-state index in [1.807, 2.05) is 31.2 Å². The second kappa shape index (κ2) is 7.79. The molecule has 22 heavy (non-hydrogen) atoms. The van der Waals surface area contributed by atoms with E-state index in [4.69, 9.17) is 9.94 Å². The Labute approximate surface area is 129 Å². The molecule has 0 spiro atoms. The number of hydrogen-bond acceptors (Lipinski definition) is 4. The van der Waals surface area contributed by atoms with E-state index in [2.05, 4.69) is 5.32 Å². The number of carbonyl (C=O) groups is 2. The van der Waals surface area contributed by atoms with Crippen LogP contribution in [0.5, 0.6) is 5.75 Å². The minimum Gasteiger partial charge on any atom is -0.494 e. The lowest BCUT2D eigenvalue weighted by molar-refractivity contribution is -0.137. The average molecular weight is 306 g/mol. The topological polar surface area (TPSA) is 87.7 Å². The monoisotopic (exact) mass is 306 g/mol. The van der Waals surface area contributed by atoms with Crippen LogP contribution in [0, 0.1) is 5.92 Å². The van der Waals surface area contributed by atoms with Gasteiger partial charge in [0.05, 0.1) is 6.61 Å². The first-order valence-electron chi connectivity index (χ1n) is 7.53. The molecule has 3 rings (SSSR count). The van der Waals surface area contributed by atoms with Crippen LogP contribution in [0.2, 0.25) is 0 Å². The van der Waals surface area contributed by atoms with E-state index < -0.39 is 11.8 Å².